The van der Waals surface area contributed by atoms with E-state index in [1.807, 2.05) is 13.0 Å². The highest BCUT2D eigenvalue weighted by Crippen LogP contribution is 1.96. The second-order valence-corrected chi connectivity index (χ2v) is 2.19. The molecule has 0 amide bonds. The van der Waals surface area contributed by atoms with Crippen LogP contribution in [0.2, 0.25) is 0 Å². The number of carbonyl (C=O) groups is 1. The SMILES string of the molecule is C=CC(=O)OOC(C)OC=CCC. The molecule has 74 valence electrons. The molecule has 0 spiro atoms. The predicted octanol–water partition coefficient (Wildman–Crippen LogP) is 1.93. The molecule has 0 aliphatic rings. The van der Waals surface area contributed by atoms with E-state index in [0.717, 1.165) is 12.5 Å². The molecule has 13 heavy (non-hydrogen) atoms. The average Bonchev–Trinajstić information content (AvgIpc) is 2.14. The molecule has 4 heteroatoms. The first-order valence-electron chi connectivity index (χ1n) is 4.00. The van der Waals surface area contributed by atoms with Crippen molar-refractivity contribution >= 4 is 5.97 Å². The van der Waals surface area contributed by atoms with E-state index in [1.165, 1.54) is 6.26 Å². The molecule has 0 bridgehead atoms. The molecule has 0 radical (unpaired) electrons. The zero-order valence-corrected chi connectivity index (χ0v) is 7.86. The number of allylic oxidation sites excluding steroid dienone is 1. The van der Waals surface area contributed by atoms with Crippen LogP contribution in [0.5, 0.6) is 0 Å². The van der Waals surface area contributed by atoms with Gasteiger partial charge in [-0.15, -0.1) is 4.89 Å². The minimum Gasteiger partial charge on any atom is -0.469 e. The zero-order valence-electron chi connectivity index (χ0n) is 7.86. The lowest BCUT2D eigenvalue weighted by molar-refractivity contribution is -0.334. The summed E-state index contributed by atoms with van der Waals surface area (Å²) in [6, 6.07) is 0. The summed E-state index contributed by atoms with van der Waals surface area (Å²) >= 11 is 0. The lowest BCUT2D eigenvalue weighted by atomic mass is 10.5. The van der Waals surface area contributed by atoms with Crippen LogP contribution in [0.1, 0.15) is 20.3 Å². The van der Waals surface area contributed by atoms with Gasteiger partial charge < -0.3 is 4.74 Å². The molecular weight excluding hydrogens is 172 g/mol. The molecule has 0 aromatic heterocycles. The maximum absolute atomic E-state index is 10.5. The van der Waals surface area contributed by atoms with Crippen LogP contribution < -0.4 is 0 Å². The molecule has 0 aliphatic heterocycles. The van der Waals surface area contributed by atoms with E-state index in [-0.39, 0.29) is 0 Å². The summed E-state index contributed by atoms with van der Waals surface area (Å²) < 4.78 is 4.96. The van der Waals surface area contributed by atoms with E-state index >= 15 is 0 Å². The third-order valence-corrected chi connectivity index (χ3v) is 1.03. The summed E-state index contributed by atoms with van der Waals surface area (Å²) in [6.07, 6.45) is 4.57. The highest BCUT2D eigenvalue weighted by atomic mass is 17.2. The summed E-state index contributed by atoms with van der Waals surface area (Å²) in [5.41, 5.74) is 0. The van der Waals surface area contributed by atoms with Crippen molar-refractivity contribution in [1.82, 2.24) is 0 Å². The lowest BCUT2D eigenvalue weighted by Gasteiger charge is -2.08. The van der Waals surface area contributed by atoms with Gasteiger partial charge >= 0.3 is 5.97 Å². The van der Waals surface area contributed by atoms with Gasteiger partial charge in [0, 0.05) is 13.0 Å². The summed E-state index contributed by atoms with van der Waals surface area (Å²) in [5, 5.41) is 0. The zero-order chi connectivity index (χ0) is 10.1. The molecule has 0 N–H and O–H groups in total. The summed E-state index contributed by atoms with van der Waals surface area (Å²) in [4.78, 5) is 19.3. The number of ether oxygens (including phenoxy) is 1. The quantitative estimate of drug-likeness (QED) is 0.209. The second-order valence-electron chi connectivity index (χ2n) is 2.19. The van der Waals surface area contributed by atoms with Crippen molar-refractivity contribution in [3.63, 3.8) is 0 Å². The van der Waals surface area contributed by atoms with Crippen molar-refractivity contribution in [3.05, 3.63) is 25.0 Å². The van der Waals surface area contributed by atoms with E-state index in [2.05, 4.69) is 16.4 Å². The van der Waals surface area contributed by atoms with Crippen LogP contribution in [-0.4, -0.2) is 12.3 Å². The van der Waals surface area contributed by atoms with Crippen LogP contribution in [0, 0.1) is 0 Å². The van der Waals surface area contributed by atoms with Crippen LogP contribution in [0.3, 0.4) is 0 Å². The van der Waals surface area contributed by atoms with E-state index in [1.54, 1.807) is 6.92 Å². The second kappa shape index (κ2) is 7.36. The monoisotopic (exact) mass is 186 g/mol. The van der Waals surface area contributed by atoms with Crippen molar-refractivity contribution in [2.45, 2.75) is 26.6 Å². The summed E-state index contributed by atoms with van der Waals surface area (Å²) in [5.74, 6) is -0.644. The Morgan fingerprint density at radius 3 is 2.85 bits per heavy atom. The van der Waals surface area contributed by atoms with Crippen molar-refractivity contribution < 1.29 is 19.3 Å². The van der Waals surface area contributed by atoms with Gasteiger partial charge in [0.05, 0.1) is 6.26 Å². The summed E-state index contributed by atoms with van der Waals surface area (Å²) in [6.45, 7) is 6.79. The van der Waals surface area contributed by atoms with Crippen LogP contribution >= 0.6 is 0 Å². The van der Waals surface area contributed by atoms with Crippen molar-refractivity contribution in [2.24, 2.45) is 0 Å². The summed E-state index contributed by atoms with van der Waals surface area (Å²) in [7, 11) is 0. The molecule has 0 aliphatic carbocycles. The van der Waals surface area contributed by atoms with Gasteiger partial charge in [-0.25, -0.2) is 4.79 Å². The van der Waals surface area contributed by atoms with Gasteiger partial charge in [-0.2, -0.15) is 0 Å². The molecule has 4 nitrogen and oxygen atoms in total. The first-order chi connectivity index (χ1) is 6.20. The minimum atomic E-state index is -0.644. The largest absolute Gasteiger partial charge is 0.469 e. The van der Waals surface area contributed by atoms with Crippen molar-refractivity contribution in [2.75, 3.05) is 0 Å². The molecule has 0 fully saturated rings. The Bertz CT molecular complexity index is 186. The maximum atomic E-state index is 10.5. The van der Waals surface area contributed by atoms with E-state index in [4.69, 9.17) is 4.74 Å². The van der Waals surface area contributed by atoms with Gasteiger partial charge in [0.2, 0.25) is 6.29 Å². The first-order valence-corrected chi connectivity index (χ1v) is 4.00. The van der Waals surface area contributed by atoms with Gasteiger partial charge in [-0.05, 0) is 12.5 Å². The van der Waals surface area contributed by atoms with Gasteiger partial charge in [-0.3, -0.25) is 4.89 Å². The fourth-order valence-corrected chi connectivity index (χ4v) is 0.434. The van der Waals surface area contributed by atoms with Crippen LogP contribution in [0.25, 0.3) is 0 Å². The normalized spacial score (nSPS) is 12.5. The lowest BCUT2D eigenvalue weighted by Crippen LogP contribution is -2.13. The van der Waals surface area contributed by atoms with E-state index in [9.17, 15) is 4.79 Å². The standard InChI is InChI=1S/C9H14O4/c1-4-6-7-11-8(3)12-13-9(10)5-2/h5-8H,2,4H2,1,3H3. The third kappa shape index (κ3) is 7.08. The molecular formula is C9H14O4. The van der Waals surface area contributed by atoms with Gasteiger partial charge in [0.15, 0.2) is 0 Å². The minimum absolute atomic E-state index is 0.619. The Morgan fingerprint density at radius 1 is 1.62 bits per heavy atom. The van der Waals surface area contributed by atoms with Crippen LogP contribution in [0.4, 0.5) is 0 Å². The Hall–Kier alpha value is -1.29. The number of carbonyl (C=O) groups excluding carboxylic acids is 1. The fourth-order valence-electron chi connectivity index (χ4n) is 0.434. The van der Waals surface area contributed by atoms with Crippen LogP contribution in [0.15, 0.2) is 25.0 Å². The number of hydrogen-bond acceptors (Lipinski definition) is 4. The van der Waals surface area contributed by atoms with Crippen LogP contribution in [-0.2, 0) is 19.3 Å². The Balaban J connectivity index is 3.50. The molecule has 0 saturated carbocycles. The van der Waals surface area contributed by atoms with E-state index in [0.29, 0.717) is 0 Å². The topological polar surface area (TPSA) is 44.8 Å². The average molecular weight is 186 g/mol. The van der Waals surface area contributed by atoms with Gasteiger partial charge in [0.1, 0.15) is 0 Å². The van der Waals surface area contributed by atoms with E-state index < -0.39 is 12.3 Å². The first kappa shape index (κ1) is 11.7. The Morgan fingerprint density at radius 2 is 2.31 bits per heavy atom. The predicted molar refractivity (Wildman–Crippen MR) is 47.4 cm³/mol. The highest BCUT2D eigenvalue weighted by Gasteiger charge is 2.03. The third-order valence-electron chi connectivity index (χ3n) is 1.03. The molecule has 0 aromatic rings. The van der Waals surface area contributed by atoms with Crippen molar-refractivity contribution in [3.8, 4) is 0 Å². The maximum Gasteiger partial charge on any atom is 0.365 e. The number of hydrogen-bond donors (Lipinski definition) is 0. The Kier molecular flexibility index (Phi) is 6.63. The molecule has 1 unspecified atom stereocenters. The van der Waals surface area contributed by atoms with Gasteiger partial charge in [0.25, 0.3) is 0 Å². The van der Waals surface area contributed by atoms with Crippen molar-refractivity contribution in [1.29, 1.82) is 0 Å². The molecule has 0 aromatic carbocycles. The highest BCUT2D eigenvalue weighted by molar-refractivity contribution is 5.80. The molecule has 1 atom stereocenters. The Labute approximate surface area is 77.7 Å². The molecule has 0 heterocycles. The smallest absolute Gasteiger partial charge is 0.365 e. The number of rotatable bonds is 6. The molecule has 0 saturated heterocycles. The van der Waals surface area contributed by atoms with Gasteiger partial charge in [-0.1, -0.05) is 13.5 Å². The molecule has 0 rings (SSSR count). The fraction of sp³-hybridized carbons (Fsp3) is 0.444.